The molecule has 35 heavy (non-hydrogen) atoms. The molecule has 0 aliphatic carbocycles. The molecule has 0 saturated carbocycles. The number of thioether (sulfide) groups is 1. The molecule has 2 aliphatic heterocycles. The van der Waals surface area contributed by atoms with Gasteiger partial charge in [-0.3, -0.25) is 14.5 Å². The van der Waals surface area contributed by atoms with Gasteiger partial charge < -0.3 is 10.0 Å². The number of carboxylic acids is 1. The van der Waals surface area contributed by atoms with E-state index in [2.05, 4.69) is 46.3 Å². The van der Waals surface area contributed by atoms with Crippen molar-refractivity contribution in [1.29, 1.82) is 0 Å². The highest BCUT2D eigenvalue weighted by Gasteiger charge is 2.30. The molecule has 0 bridgehead atoms. The van der Waals surface area contributed by atoms with Crippen LogP contribution in [0, 0.1) is 0 Å². The Morgan fingerprint density at radius 1 is 1.03 bits per heavy atom. The maximum atomic E-state index is 12.8. The molecule has 0 aromatic heterocycles. The first-order chi connectivity index (χ1) is 17.0. The van der Waals surface area contributed by atoms with E-state index in [0.29, 0.717) is 21.3 Å². The molecule has 3 aromatic carbocycles. The number of anilines is 1. The lowest BCUT2D eigenvalue weighted by molar-refractivity contribution is -0.136. The van der Waals surface area contributed by atoms with Crippen LogP contribution >= 0.6 is 11.8 Å². The van der Waals surface area contributed by atoms with Crippen LogP contribution in [0.5, 0.6) is 0 Å². The molecule has 1 saturated heterocycles. The molecule has 2 aliphatic rings. The normalized spacial score (nSPS) is 17.8. The number of hydrogen-bond acceptors (Lipinski definition) is 5. The summed E-state index contributed by atoms with van der Waals surface area (Å²) in [5, 5.41) is 9.51. The van der Waals surface area contributed by atoms with Crippen LogP contribution in [0.2, 0.25) is 0 Å². The fraction of sp³-hybridized carbons (Fsp3) is 0.179. The number of amides is 1. The van der Waals surface area contributed by atoms with Gasteiger partial charge in [-0.25, -0.2) is 4.99 Å². The van der Waals surface area contributed by atoms with E-state index in [1.807, 2.05) is 18.2 Å². The minimum Gasteiger partial charge on any atom is -0.481 e. The molecule has 0 spiro atoms. The van der Waals surface area contributed by atoms with Crippen LogP contribution in [0.1, 0.15) is 22.3 Å². The highest BCUT2D eigenvalue weighted by atomic mass is 32.2. The Morgan fingerprint density at radius 3 is 2.46 bits per heavy atom. The Labute approximate surface area is 208 Å². The molecular weight excluding hydrogens is 458 g/mol. The fourth-order valence-electron chi connectivity index (χ4n) is 4.27. The van der Waals surface area contributed by atoms with E-state index in [0.717, 1.165) is 25.1 Å². The number of amidine groups is 1. The summed E-state index contributed by atoms with van der Waals surface area (Å²) in [6, 6.07) is 23.9. The molecule has 1 N–H and O–H groups in total. The molecule has 176 valence electrons. The Hall–Kier alpha value is -3.84. The third-order valence-electron chi connectivity index (χ3n) is 6.21. The van der Waals surface area contributed by atoms with Gasteiger partial charge in [-0.1, -0.05) is 48.5 Å². The molecule has 1 fully saturated rings. The number of fused-ring (bicyclic) bond motifs is 1. The van der Waals surface area contributed by atoms with Crippen LogP contribution in [0.4, 0.5) is 11.4 Å². The van der Waals surface area contributed by atoms with Gasteiger partial charge >= 0.3 is 5.97 Å². The topological polar surface area (TPSA) is 73.2 Å². The predicted octanol–water partition coefficient (Wildman–Crippen LogP) is 5.11. The van der Waals surface area contributed by atoms with E-state index in [9.17, 15) is 9.59 Å². The number of nitrogens with zero attached hydrogens (tertiary/aromatic N) is 3. The number of hydrogen-bond donors (Lipinski definition) is 1. The quantitative estimate of drug-likeness (QED) is 0.511. The summed E-state index contributed by atoms with van der Waals surface area (Å²) in [5.74, 6) is -0.960. The zero-order valence-corrected chi connectivity index (χ0v) is 20.2. The number of aliphatic imine (C=N–C) groups is 1. The molecule has 6 nitrogen and oxygen atoms in total. The Morgan fingerprint density at radius 2 is 1.74 bits per heavy atom. The molecule has 3 aromatic rings. The molecule has 2 heterocycles. The maximum Gasteiger partial charge on any atom is 0.307 e. The zero-order valence-electron chi connectivity index (χ0n) is 19.3. The average Bonchev–Trinajstić information content (AvgIpc) is 3.12. The Balaban J connectivity index is 1.29. The zero-order chi connectivity index (χ0) is 24.4. The molecule has 0 radical (unpaired) electrons. The standard InChI is InChI=1S/C28H25N3O3S/c1-30-27(34)25(35-28(30)29-23-10-6-20(7-11-23)17-26(32)33)16-19-8-12-24(13-9-19)31-15-14-21-4-2-3-5-22(21)18-31/h2-13,16H,14-15,17-18H2,1H3,(H,32,33)/b25-16+,29-28?. The van der Waals surface area contributed by atoms with Crippen LogP contribution in [0.25, 0.3) is 6.08 Å². The van der Waals surface area contributed by atoms with Crippen molar-refractivity contribution in [3.8, 4) is 0 Å². The second kappa shape index (κ2) is 9.80. The maximum absolute atomic E-state index is 12.8. The van der Waals surface area contributed by atoms with Gasteiger partial charge in [-0.15, -0.1) is 0 Å². The molecular formula is C28H25N3O3S. The van der Waals surface area contributed by atoms with Crippen LogP contribution in [-0.2, 0) is 29.0 Å². The van der Waals surface area contributed by atoms with Crippen molar-refractivity contribution in [2.45, 2.75) is 19.4 Å². The van der Waals surface area contributed by atoms with Gasteiger partial charge in [0.05, 0.1) is 17.0 Å². The number of likely N-dealkylation sites (N-methyl/N-ethyl adjacent to an activating group) is 1. The lowest BCUT2D eigenvalue weighted by Crippen LogP contribution is -2.30. The van der Waals surface area contributed by atoms with Crippen LogP contribution < -0.4 is 4.90 Å². The van der Waals surface area contributed by atoms with Gasteiger partial charge in [-0.2, -0.15) is 0 Å². The fourth-order valence-corrected chi connectivity index (χ4v) is 5.26. The third kappa shape index (κ3) is 5.15. The molecule has 7 heteroatoms. The Bertz CT molecular complexity index is 1330. The number of carbonyl (C=O) groups is 2. The van der Waals surface area contributed by atoms with Crippen LogP contribution in [-0.4, -0.2) is 40.6 Å². The van der Waals surface area contributed by atoms with E-state index in [1.165, 1.54) is 28.6 Å². The number of benzene rings is 3. The highest BCUT2D eigenvalue weighted by Crippen LogP contribution is 2.33. The second-order valence-electron chi connectivity index (χ2n) is 8.64. The molecule has 0 atom stereocenters. The lowest BCUT2D eigenvalue weighted by Gasteiger charge is -2.30. The summed E-state index contributed by atoms with van der Waals surface area (Å²) >= 11 is 1.34. The first-order valence-corrected chi connectivity index (χ1v) is 12.3. The lowest BCUT2D eigenvalue weighted by atomic mass is 9.99. The third-order valence-corrected chi connectivity index (χ3v) is 7.27. The van der Waals surface area contributed by atoms with Crippen molar-refractivity contribution in [1.82, 2.24) is 4.90 Å². The summed E-state index contributed by atoms with van der Waals surface area (Å²) in [6.07, 6.45) is 2.92. The van der Waals surface area contributed by atoms with Crippen molar-refractivity contribution >= 4 is 46.3 Å². The first kappa shape index (κ1) is 22.9. The highest BCUT2D eigenvalue weighted by molar-refractivity contribution is 8.18. The van der Waals surface area contributed by atoms with Gasteiger partial charge in [-0.05, 0) is 70.8 Å². The van der Waals surface area contributed by atoms with Crippen molar-refractivity contribution in [2.24, 2.45) is 4.99 Å². The summed E-state index contributed by atoms with van der Waals surface area (Å²) in [4.78, 5) is 32.8. The average molecular weight is 484 g/mol. The van der Waals surface area contributed by atoms with Crippen LogP contribution in [0.15, 0.2) is 82.7 Å². The predicted molar refractivity (Wildman–Crippen MR) is 141 cm³/mol. The van der Waals surface area contributed by atoms with Crippen LogP contribution in [0.3, 0.4) is 0 Å². The largest absolute Gasteiger partial charge is 0.481 e. The number of carboxylic acid groups (broad SMARTS) is 1. The van der Waals surface area contributed by atoms with Crippen molar-refractivity contribution < 1.29 is 14.7 Å². The van der Waals surface area contributed by atoms with Gasteiger partial charge in [0, 0.05) is 25.8 Å². The van der Waals surface area contributed by atoms with E-state index < -0.39 is 5.97 Å². The first-order valence-electron chi connectivity index (χ1n) is 11.4. The summed E-state index contributed by atoms with van der Waals surface area (Å²) in [7, 11) is 1.71. The van der Waals surface area contributed by atoms with E-state index in [4.69, 9.17) is 5.11 Å². The molecule has 1 amide bonds. The minimum atomic E-state index is -0.871. The van der Waals surface area contributed by atoms with Gasteiger partial charge in [0.25, 0.3) is 5.91 Å². The monoisotopic (exact) mass is 483 g/mol. The summed E-state index contributed by atoms with van der Waals surface area (Å²) < 4.78 is 0. The number of carbonyl (C=O) groups excluding carboxylic acids is 1. The van der Waals surface area contributed by atoms with Gasteiger partial charge in [0.1, 0.15) is 0 Å². The van der Waals surface area contributed by atoms with E-state index in [1.54, 1.807) is 36.2 Å². The summed E-state index contributed by atoms with van der Waals surface area (Å²) in [6.45, 7) is 1.90. The Kier molecular flexibility index (Phi) is 6.42. The molecule has 5 rings (SSSR count). The van der Waals surface area contributed by atoms with Crippen molar-refractivity contribution in [3.63, 3.8) is 0 Å². The van der Waals surface area contributed by atoms with E-state index in [-0.39, 0.29) is 12.3 Å². The van der Waals surface area contributed by atoms with Crippen molar-refractivity contribution in [2.75, 3.05) is 18.5 Å². The number of aliphatic carboxylic acids is 1. The van der Waals surface area contributed by atoms with Gasteiger partial charge in [0.15, 0.2) is 5.17 Å². The second-order valence-corrected chi connectivity index (χ2v) is 9.65. The number of rotatable bonds is 5. The van der Waals surface area contributed by atoms with Gasteiger partial charge in [0.2, 0.25) is 0 Å². The smallest absolute Gasteiger partial charge is 0.307 e. The SMILES string of the molecule is CN1C(=O)/C(=C\c2ccc(N3CCc4ccccc4C3)cc2)SC1=Nc1ccc(CC(=O)O)cc1. The minimum absolute atomic E-state index is 0.0271. The van der Waals surface area contributed by atoms with Crippen molar-refractivity contribution in [3.05, 3.63) is 100.0 Å². The summed E-state index contributed by atoms with van der Waals surface area (Å²) in [5.41, 5.74) is 6.34. The molecule has 0 unspecified atom stereocenters. The van der Waals surface area contributed by atoms with E-state index >= 15 is 0 Å².